The lowest BCUT2D eigenvalue weighted by Crippen LogP contribution is -2.36. The van der Waals surface area contributed by atoms with Crippen LogP contribution in [0.3, 0.4) is 0 Å². The molecule has 20 heavy (non-hydrogen) atoms. The number of hydrogen-bond acceptors (Lipinski definition) is 6. The van der Waals surface area contributed by atoms with Crippen LogP contribution in [0, 0.1) is 0 Å². The smallest absolute Gasteiger partial charge is 0.340 e. The second-order valence-corrected chi connectivity index (χ2v) is 4.74. The van der Waals surface area contributed by atoms with E-state index in [1.54, 1.807) is 0 Å². The van der Waals surface area contributed by atoms with Gasteiger partial charge in [0.1, 0.15) is 5.82 Å². The molecule has 0 amide bonds. The lowest BCUT2D eigenvalue weighted by atomic mass is 10.1. The minimum absolute atomic E-state index is 0.361. The summed E-state index contributed by atoms with van der Waals surface area (Å²) < 4.78 is 10.2. The van der Waals surface area contributed by atoms with Crippen molar-refractivity contribution in [3.63, 3.8) is 0 Å². The van der Waals surface area contributed by atoms with Crippen LogP contribution in [0.15, 0.2) is 24.5 Å². The molecule has 2 aliphatic heterocycles. The Hall–Kier alpha value is -2.21. The summed E-state index contributed by atoms with van der Waals surface area (Å²) in [6, 6.07) is 3.86. The third-order valence-corrected chi connectivity index (χ3v) is 3.47. The van der Waals surface area contributed by atoms with Crippen LogP contribution >= 0.6 is 0 Å². The molecule has 0 aliphatic carbocycles. The summed E-state index contributed by atoms with van der Waals surface area (Å²) in [6.45, 7) is 6.85. The molecule has 2 N–H and O–H groups in total. The molecule has 6 heteroatoms. The number of nitrogens with one attached hydrogen (secondary N) is 2. The van der Waals surface area contributed by atoms with E-state index in [2.05, 4.69) is 22.1 Å². The molecule has 0 atom stereocenters. The monoisotopic (exact) mass is 275 g/mol. The van der Waals surface area contributed by atoms with Crippen LogP contribution in [0.25, 0.3) is 0 Å². The standard InChI is InChI=1S/C14H17N3O3/c1-9-15-12-8-10(17-3-5-20-6-4-17)7-11(13(12)16-9)14(18)19-2/h7-8,15-16H,1,3-6H2,2H3. The number of morpholine rings is 1. The fraction of sp³-hybridized carbons (Fsp3) is 0.357. The van der Waals surface area contributed by atoms with Gasteiger partial charge in [0, 0.05) is 18.8 Å². The van der Waals surface area contributed by atoms with Gasteiger partial charge in [0.2, 0.25) is 0 Å². The third-order valence-electron chi connectivity index (χ3n) is 3.47. The van der Waals surface area contributed by atoms with E-state index in [4.69, 9.17) is 9.47 Å². The first-order chi connectivity index (χ1) is 9.69. The SMILES string of the molecule is C=C1Nc2cc(N3CCOCC3)cc(C(=O)OC)c2N1. The minimum Gasteiger partial charge on any atom is -0.465 e. The van der Waals surface area contributed by atoms with E-state index in [0.717, 1.165) is 30.2 Å². The second kappa shape index (κ2) is 5.05. The van der Waals surface area contributed by atoms with Gasteiger partial charge in [0.15, 0.2) is 0 Å². The largest absolute Gasteiger partial charge is 0.465 e. The predicted octanol–water partition coefficient (Wildman–Crippen LogP) is 1.62. The van der Waals surface area contributed by atoms with E-state index < -0.39 is 0 Å². The van der Waals surface area contributed by atoms with Crippen molar-refractivity contribution in [2.75, 3.05) is 48.9 Å². The number of anilines is 3. The van der Waals surface area contributed by atoms with Crippen LogP contribution in [-0.4, -0.2) is 39.4 Å². The molecule has 0 spiro atoms. The molecular weight excluding hydrogens is 258 g/mol. The van der Waals surface area contributed by atoms with E-state index in [-0.39, 0.29) is 5.97 Å². The minimum atomic E-state index is -0.361. The highest BCUT2D eigenvalue weighted by Gasteiger charge is 2.24. The molecule has 0 bridgehead atoms. The molecule has 0 saturated carbocycles. The number of ether oxygens (including phenoxy) is 2. The van der Waals surface area contributed by atoms with Crippen LogP contribution in [0.1, 0.15) is 10.4 Å². The molecule has 1 aromatic carbocycles. The molecule has 3 rings (SSSR count). The summed E-state index contributed by atoms with van der Waals surface area (Å²) in [4.78, 5) is 14.1. The highest BCUT2D eigenvalue weighted by atomic mass is 16.5. The molecule has 0 aromatic heterocycles. The van der Waals surface area contributed by atoms with E-state index in [1.807, 2.05) is 12.1 Å². The zero-order chi connectivity index (χ0) is 14.1. The predicted molar refractivity (Wildman–Crippen MR) is 77.2 cm³/mol. The number of carbonyl (C=O) groups is 1. The average Bonchev–Trinajstić information content (AvgIpc) is 2.86. The van der Waals surface area contributed by atoms with Crippen molar-refractivity contribution in [2.24, 2.45) is 0 Å². The second-order valence-electron chi connectivity index (χ2n) is 4.74. The van der Waals surface area contributed by atoms with E-state index in [9.17, 15) is 4.79 Å². The summed E-state index contributed by atoms with van der Waals surface area (Å²) in [5, 5.41) is 6.19. The lowest BCUT2D eigenvalue weighted by molar-refractivity contribution is 0.0602. The lowest BCUT2D eigenvalue weighted by Gasteiger charge is -2.29. The fourth-order valence-electron chi connectivity index (χ4n) is 2.48. The van der Waals surface area contributed by atoms with Gasteiger partial charge in [-0.25, -0.2) is 4.79 Å². The third kappa shape index (κ3) is 2.18. The number of nitrogens with zero attached hydrogens (tertiary/aromatic N) is 1. The van der Waals surface area contributed by atoms with Gasteiger partial charge >= 0.3 is 5.97 Å². The van der Waals surface area contributed by atoms with Crippen LogP contribution in [-0.2, 0) is 9.47 Å². The normalized spacial score (nSPS) is 17.2. The molecule has 6 nitrogen and oxygen atoms in total. The molecule has 1 saturated heterocycles. The maximum absolute atomic E-state index is 12.0. The number of fused-ring (bicyclic) bond motifs is 1. The number of benzene rings is 1. The first kappa shape index (κ1) is 12.8. The molecule has 0 unspecified atom stereocenters. The highest BCUT2D eigenvalue weighted by molar-refractivity contribution is 6.03. The van der Waals surface area contributed by atoms with Crippen LogP contribution in [0.4, 0.5) is 17.1 Å². The van der Waals surface area contributed by atoms with Crippen molar-refractivity contribution in [1.82, 2.24) is 0 Å². The van der Waals surface area contributed by atoms with E-state index in [0.29, 0.717) is 24.6 Å². The van der Waals surface area contributed by atoms with Crippen molar-refractivity contribution in [2.45, 2.75) is 0 Å². The van der Waals surface area contributed by atoms with Crippen molar-refractivity contribution in [1.29, 1.82) is 0 Å². The average molecular weight is 275 g/mol. The molecule has 2 heterocycles. The highest BCUT2D eigenvalue weighted by Crippen LogP contribution is 2.38. The Kier molecular flexibility index (Phi) is 3.23. The Morgan fingerprint density at radius 2 is 2.10 bits per heavy atom. The Balaban J connectivity index is 2.02. The summed E-state index contributed by atoms with van der Waals surface area (Å²) in [5.41, 5.74) is 3.06. The zero-order valence-corrected chi connectivity index (χ0v) is 11.4. The summed E-state index contributed by atoms with van der Waals surface area (Å²) in [6.07, 6.45) is 0. The van der Waals surface area contributed by atoms with Gasteiger partial charge in [0.25, 0.3) is 0 Å². The maximum atomic E-state index is 12.0. The number of hydrogen-bond donors (Lipinski definition) is 2. The van der Waals surface area contributed by atoms with Crippen molar-refractivity contribution >= 4 is 23.0 Å². The Labute approximate surface area is 117 Å². The van der Waals surface area contributed by atoms with Crippen LogP contribution in [0.5, 0.6) is 0 Å². The van der Waals surface area contributed by atoms with E-state index >= 15 is 0 Å². The van der Waals surface area contributed by atoms with Gasteiger partial charge in [-0.1, -0.05) is 6.58 Å². The van der Waals surface area contributed by atoms with Crippen molar-refractivity contribution < 1.29 is 14.3 Å². The van der Waals surface area contributed by atoms with Gasteiger partial charge in [0.05, 0.1) is 37.3 Å². The van der Waals surface area contributed by atoms with Crippen molar-refractivity contribution in [3.8, 4) is 0 Å². The van der Waals surface area contributed by atoms with Gasteiger partial charge in [-0.3, -0.25) is 0 Å². The molecule has 1 fully saturated rings. The topological polar surface area (TPSA) is 62.8 Å². The Bertz CT molecular complexity index is 565. The number of rotatable bonds is 2. The Morgan fingerprint density at radius 1 is 1.35 bits per heavy atom. The van der Waals surface area contributed by atoms with Gasteiger partial charge < -0.3 is 25.0 Å². The molecule has 2 aliphatic rings. The first-order valence-electron chi connectivity index (χ1n) is 6.51. The number of carbonyl (C=O) groups excluding carboxylic acids is 1. The van der Waals surface area contributed by atoms with Gasteiger partial charge in [-0.15, -0.1) is 0 Å². The molecular formula is C14H17N3O3. The number of methoxy groups -OCH3 is 1. The molecule has 1 aromatic rings. The van der Waals surface area contributed by atoms with Crippen LogP contribution in [0.2, 0.25) is 0 Å². The van der Waals surface area contributed by atoms with Crippen LogP contribution < -0.4 is 15.5 Å². The quantitative estimate of drug-likeness (QED) is 0.800. The fourth-order valence-corrected chi connectivity index (χ4v) is 2.48. The zero-order valence-electron chi connectivity index (χ0n) is 11.4. The van der Waals surface area contributed by atoms with Gasteiger partial charge in [-0.05, 0) is 12.1 Å². The van der Waals surface area contributed by atoms with Gasteiger partial charge in [-0.2, -0.15) is 0 Å². The Morgan fingerprint density at radius 3 is 2.80 bits per heavy atom. The maximum Gasteiger partial charge on any atom is 0.340 e. The molecule has 106 valence electrons. The molecule has 0 radical (unpaired) electrons. The van der Waals surface area contributed by atoms with Crippen molar-refractivity contribution in [3.05, 3.63) is 30.1 Å². The van der Waals surface area contributed by atoms with E-state index in [1.165, 1.54) is 7.11 Å². The summed E-state index contributed by atoms with van der Waals surface area (Å²) >= 11 is 0. The summed E-state index contributed by atoms with van der Waals surface area (Å²) in [7, 11) is 1.38. The first-order valence-corrected chi connectivity index (χ1v) is 6.51. The number of esters is 1. The summed E-state index contributed by atoms with van der Waals surface area (Å²) in [5.74, 6) is 0.296.